The molecule has 2 amide bonds. The minimum absolute atomic E-state index is 0.0467. The number of ether oxygens (including phenoxy) is 2. The van der Waals surface area contributed by atoms with Gasteiger partial charge in [0, 0.05) is 12.7 Å². The topological polar surface area (TPSA) is 67.9 Å². The molecule has 1 aromatic carbocycles. The van der Waals surface area contributed by atoms with Crippen molar-refractivity contribution in [2.24, 2.45) is 0 Å². The van der Waals surface area contributed by atoms with Crippen LogP contribution in [0.5, 0.6) is 5.75 Å². The molecule has 1 saturated heterocycles. The standard InChI is InChI=1S/C12H13ClN2O4/c1-15-9(6-19-12(15)17)11(16)14-7-3-4-10(18-2)8(13)5-7/h3-5,9H,6H2,1-2H3,(H,14,16). The van der Waals surface area contributed by atoms with Crippen LogP contribution < -0.4 is 10.1 Å². The van der Waals surface area contributed by atoms with E-state index in [2.05, 4.69) is 5.32 Å². The van der Waals surface area contributed by atoms with Crippen LogP contribution in [0.25, 0.3) is 0 Å². The first-order valence-corrected chi connectivity index (χ1v) is 5.94. The predicted octanol–water partition coefficient (Wildman–Crippen LogP) is 1.74. The summed E-state index contributed by atoms with van der Waals surface area (Å²) in [5, 5.41) is 3.07. The number of cyclic esters (lactones) is 1. The highest BCUT2D eigenvalue weighted by Gasteiger charge is 2.35. The van der Waals surface area contributed by atoms with Crippen LogP contribution in [0.3, 0.4) is 0 Å². The second kappa shape index (κ2) is 5.36. The maximum absolute atomic E-state index is 12.0. The molecule has 1 aliphatic heterocycles. The van der Waals surface area contributed by atoms with Gasteiger partial charge in [-0.2, -0.15) is 0 Å². The summed E-state index contributed by atoms with van der Waals surface area (Å²) in [6, 6.07) is 4.27. The zero-order chi connectivity index (χ0) is 14.0. The first-order chi connectivity index (χ1) is 9.02. The monoisotopic (exact) mass is 284 g/mol. The number of rotatable bonds is 3. The molecule has 0 spiro atoms. The molecule has 0 saturated carbocycles. The highest BCUT2D eigenvalue weighted by molar-refractivity contribution is 6.32. The van der Waals surface area contributed by atoms with E-state index in [-0.39, 0.29) is 12.5 Å². The molecular weight excluding hydrogens is 272 g/mol. The second-order valence-corrected chi connectivity index (χ2v) is 4.45. The van der Waals surface area contributed by atoms with Gasteiger partial charge in [-0.3, -0.25) is 9.69 Å². The SMILES string of the molecule is COc1ccc(NC(=O)C2COC(=O)N2C)cc1Cl. The van der Waals surface area contributed by atoms with Crippen LogP contribution in [0, 0.1) is 0 Å². The predicted molar refractivity (Wildman–Crippen MR) is 69.5 cm³/mol. The fraction of sp³-hybridized carbons (Fsp3) is 0.333. The van der Waals surface area contributed by atoms with Crippen LogP contribution in [0.1, 0.15) is 0 Å². The number of nitrogens with one attached hydrogen (secondary N) is 1. The Bertz CT molecular complexity index is 520. The lowest BCUT2D eigenvalue weighted by Crippen LogP contribution is -2.40. The second-order valence-electron chi connectivity index (χ2n) is 4.04. The normalized spacial score (nSPS) is 18.2. The minimum Gasteiger partial charge on any atom is -0.495 e. The third-order valence-electron chi connectivity index (χ3n) is 2.84. The molecule has 1 aromatic rings. The third kappa shape index (κ3) is 2.73. The number of anilines is 1. The molecule has 0 bridgehead atoms. The average molecular weight is 285 g/mol. The summed E-state index contributed by atoms with van der Waals surface area (Å²) in [4.78, 5) is 24.4. The molecule has 7 heteroatoms. The van der Waals surface area contributed by atoms with Crippen LogP contribution in [0.4, 0.5) is 10.5 Å². The molecule has 0 aliphatic carbocycles. The van der Waals surface area contributed by atoms with Gasteiger partial charge in [0.25, 0.3) is 5.91 Å². The molecule has 0 aromatic heterocycles. The Balaban J connectivity index is 2.07. The minimum atomic E-state index is -0.631. The molecule has 102 valence electrons. The molecule has 1 unspecified atom stereocenters. The van der Waals surface area contributed by atoms with Crippen LogP contribution in [-0.4, -0.2) is 43.7 Å². The number of carbonyl (C=O) groups excluding carboxylic acids is 2. The Morgan fingerprint density at radius 1 is 1.58 bits per heavy atom. The molecular formula is C12H13ClN2O4. The lowest BCUT2D eigenvalue weighted by molar-refractivity contribution is -0.119. The number of amides is 2. The quantitative estimate of drug-likeness (QED) is 0.918. The summed E-state index contributed by atoms with van der Waals surface area (Å²) in [6.45, 7) is 0.0467. The van der Waals surface area contributed by atoms with Crippen molar-refractivity contribution in [1.82, 2.24) is 4.90 Å². The van der Waals surface area contributed by atoms with E-state index in [0.29, 0.717) is 16.5 Å². The molecule has 1 N–H and O–H groups in total. The zero-order valence-corrected chi connectivity index (χ0v) is 11.2. The molecule has 0 radical (unpaired) electrons. The Morgan fingerprint density at radius 2 is 2.32 bits per heavy atom. The average Bonchev–Trinajstić information content (AvgIpc) is 2.70. The number of halogens is 1. The van der Waals surface area contributed by atoms with Crippen molar-refractivity contribution in [2.45, 2.75) is 6.04 Å². The van der Waals surface area contributed by atoms with Gasteiger partial charge in [-0.25, -0.2) is 4.79 Å². The van der Waals surface area contributed by atoms with E-state index >= 15 is 0 Å². The highest BCUT2D eigenvalue weighted by Crippen LogP contribution is 2.27. The maximum atomic E-state index is 12.0. The summed E-state index contributed by atoms with van der Waals surface area (Å²) >= 11 is 5.96. The fourth-order valence-electron chi connectivity index (χ4n) is 1.71. The van der Waals surface area contributed by atoms with Crippen LogP contribution in [-0.2, 0) is 9.53 Å². The molecule has 1 atom stereocenters. The van der Waals surface area contributed by atoms with Gasteiger partial charge in [0.1, 0.15) is 18.4 Å². The van der Waals surface area contributed by atoms with Gasteiger partial charge in [-0.15, -0.1) is 0 Å². The largest absolute Gasteiger partial charge is 0.495 e. The van der Waals surface area contributed by atoms with Crippen molar-refractivity contribution in [2.75, 3.05) is 26.1 Å². The van der Waals surface area contributed by atoms with Gasteiger partial charge in [0.05, 0.1) is 12.1 Å². The number of benzene rings is 1. The Kier molecular flexibility index (Phi) is 3.80. The summed E-state index contributed by atoms with van der Waals surface area (Å²) in [5.74, 6) is 0.200. The van der Waals surface area contributed by atoms with E-state index in [1.807, 2.05) is 0 Å². The van der Waals surface area contributed by atoms with Crippen molar-refractivity contribution in [3.63, 3.8) is 0 Å². The first kappa shape index (κ1) is 13.5. The summed E-state index contributed by atoms with van der Waals surface area (Å²) in [7, 11) is 3.02. The number of hydrogen-bond acceptors (Lipinski definition) is 4. The number of hydrogen-bond donors (Lipinski definition) is 1. The van der Waals surface area contributed by atoms with Gasteiger partial charge in [-0.05, 0) is 18.2 Å². The van der Waals surface area contributed by atoms with E-state index in [9.17, 15) is 9.59 Å². The number of nitrogens with zero attached hydrogens (tertiary/aromatic N) is 1. The number of carbonyl (C=O) groups is 2. The smallest absolute Gasteiger partial charge is 0.410 e. The first-order valence-electron chi connectivity index (χ1n) is 5.57. The highest BCUT2D eigenvalue weighted by atomic mass is 35.5. The Morgan fingerprint density at radius 3 is 2.84 bits per heavy atom. The van der Waals surface area contributed by atoms with Crippen LogP contribution in [0.15, 0.2) is 18.2 Å². The Hall–Kier alpha value is -1.95. The maximum Gasteiger partial charge on any atom is 0.410 e. The van der Waals surface area contributed by atoms with Crippen molar-refractivity contribution in [3.05, 3.63) is 23.2 Å². The molecule has 1 fully saturated rings. The van der Waals surface area contributed by atoms with Crippen molar-refractivity contribution >= 4 is 29.3 Å². The van der Waals surface area contributed by atoms with Gasteiger partial charge >= 0.3 is 6.09 Å². The molecule has 1 aliphatic rings. The molecule has 19 heavy (non-hydrogen) atoms. The van der Waals surface area contributed by atoms with Gasteiger partial charge in [0.15, 0.2) is 0 Å². The third-order valence-corrected chi connectivity index (χ3v) is 3.14. The van der Waals surface area contributed by atoms with Crippen LogP contribution >= 0.6 is 11.6 Å². The van der Waals surface area contributed by atoms with Crippen LogP contribution in [0.2, 0.25) is 5.02 Å². The zero-order valence-electron chi connectivity index (χ0n) is 10.5. The van der Waals surface area contributed by atoms with Crippen molar-refractivity contribution < 1.29 is 19.1 Å². The van der Waals surface area contributed by atoms with E-state index < -0.39 is 12.1 Å². The molecule has 1 heterocycles. The Labute approximate surface area is 115 Å². The van der Waals surface area contributed by atoms with E-state index in [1.54, 1.807) is 18.2 Å². The lowest BCUT2D eigenvalue weighted by atomic mass is 10.2. The summed E-state index contributed by atoms with van der Waals surface area (Å²) in [5.41, 5.74) is 0.531. The van der Waals surface area contributed by atoms with E-state index in [4.69, 9.17) is 21.1 Å². The van der Waals surface area contributed by atoms with E-state index in [1.165, 1.54) is 19.1 Å². The fourth-order valence-corrected chi connectivity index (χ4v) is 1.97. The summed E-state index contributed by atoms with van der Waals surface area (Å²) in [6.07, 6.45) is -0.507. The van der Waals surface area contributed by atoms with Gasteiger partial charge < -0.3 is 14.8 Å². The lowest BCUT2D eigenvalue weighted by Gasteiger charge is -2.16. The van der Waals surface area contributed by atoms with Crippen molar-refractivity contribution in [1.29, 1.82) is 0 Å². The molecule has 2 rings (SSSR count). The van der Waals surface area contributed by atoms with Crippen molar-refractivity contribution in [3.8, 4) is 5.75 Å². The number of methoxy groups -OCH3 is 1. The van der Waals surface area contributed by atoms with Gasteiger partial charge in [0.2, 0.25) is 0 Å². The number of likely N-dealkylation sites (N-methyl/N-ethyl adjacent to an activating group) is 1. The van der Waals surface area contributed by atoms with Gasteiger partial charge in [-0.1, -0.05) is 11.6 Å². The summed E-state index contributed by atoms with van der Waals surface area (Å²) < 4.78 is 9.80. The molecule has 6 nitrogen and oxygen atoms in total. The van der Waals surface area contributed by atoms with E-state index in [0.717, 1.165) is 0 Å².